The quantitative estimate of drug-likeness (QED) is 0.922. The van der Waals surface area contributed by atoms with Crippen molar-refractivity contribution in [1.82, 2.24) is 4.90 Å². The molecule has 0 spiro atoms. The number of likely N-dealkylation sites (tertiary alicyclic amines) is 1. The predicted octanol–water partition coefficient (Wildman–Crippen LogP) is 2.28. The average molecular weight is 280 g/mol. The van der Waals surface area contributed by atoms with Gasteiger partial charge in [0, 0.05) is 36.6 Å². The van der Waals surface area contributed by atoms with E-state index < -0.39 is 0 Å². The predicted molar refractivity (Wildman–Crippen MR) is 74.1 cm³/mol. The van der Waals surface area contributed by atoms with E-state index in [9.17, 15) is 4.79 Å². The minimum atomic E-state index is 0.121. The van der Waals surface area contributed by atoms with Gasteiger partial charge in [-0.1, -0.05) is 23.7 Å². The third-order valence-electron chi connectivity index (χ3n) is 4.24. The Morgan fingerprint density at radius 3 is 3.00 bits per heavy atom. The van der Waals surface area contributed by atoms with Crippen molar-refractivity contribution in [2.45, 2.75) is 18.8 Å². The Hall–Kier alpha value is -1.06. The van der Waals surface area contributed by atoms with Crippen molar-refractivity contribution in [1.29, 1.82) is 0 Å². The monoisotopic (exact) mass is 279 g/mol. The molecule has 0 bridgehead atoms. The zero-order valence-corrected chi connectivity index (χ0v) is 11.5. The number of halogens is 1. The van der Waals surface area contributed by atoms with Crippen LogP contribution in [-0.2, 0) is 4.79 Å². The summed E-state index contributed by atoms with van der Waals surface area (Å²) in [5.41, 5.74) is 1.17. The van der Waals surface area contributed by atoms with Crippen LogP contribution >= 0.6 is 11.6 Å². The van der Waals surface area contributed by atoms with Crippen LogP contribution in [0.2, 0.25) is 5.02 Å². The van der Waals surface area contributed by atoms with E-state index in [1.165, 1.54) is 5.56 Å². The fraction of sp³-hybridized carbons (Fsp3) is 0.533. The maximum absolute atomic E-state index is 12.3. The normalized spacial score (nSPS) is 29.6. The van der Waals surface area contributed by atoms with Gasteiger partial charge >= 0.3 is 0 Å². The first kappa shape index (κ1) is 12.9. The molecular formula is C15H18ClNO2. The number of hydrogen-bond donors (Lipinski definition) is 1. The largest absolute Gasteiger partial charge is 0.396 e. The Labute approximate surface area is 118 Å². The fourth-order valence-electron chi connectivity index (χ4n) is 2.99. The Bertz CT molecular complexity index is 491. The number of carbonyl (C=O) groups excluding carboxylic acids is 1. The molecule has 1 aromatic carbocycles. The molecular weight excluding hydrogens is 262 g/mol. The maximum Gasteiger partial charge on any atom is 0.226 e. The molecule has 1 aliphatic carbocycles. The van der Waals surface area contributed by atoms with Crippen molar-refractivity contribution >= 4 is 17.5 Å². The minimum absolute atomic E-state index is 0.121. The molecule has 1 saturated carbocycles. The highest BCUT2D eigenvalue weighted by atomic mass is 35.5. The van der Waals surface area contributed by atoms with Crippen LogP contribution in [0.25, 0.3) is 0 Å². The first-order valence-corrected chi connectivity index (χ1v) is 7.22. The molecule has 3 nitrogen and oxygen atoms in total. The summed E-state index contributed by atoms with van der Waals surface area (Å²) in [4.78, 5) is 14.3. The molecule has 2 aliphatic rings. The van der Waals surface area contributed by atoms with Gasteiger partial charge in [0.2, 0.25) is 5.91 Å². The van der Waals surface area contributed by atoms with Crippen LogP contribution in [-0.4, -0.2) is 35.6 Å². The summed E-state index contributed by atoms with van der Waals surface area (Å²) < 4.78 is 0. The molecule has 3 unspecified atom stereocenters. The van der Waals surface area contributed by atoms with E-state index in [4.69, 9.17) is 16.7 Å². The van der Waals surface area contributed by atoms with E-state index in [1.807, 2.05) is 29.2 Å². The number of hydrogen-bond acceptors (Lipinski definition) is 2. The van der Waals surface area contributed by atoms with Gasteiger partial charge < -0.3 is 10.0 Å². The highest BCUT2D eigenvalue weighted by molar-refractivity contribution is 6.30. The Kier molecular flexibility index (Phi) is 3.50. The second kappa shape index (κ2) is 5.14. The average Bonchev–Trinajstić information content (AvgIpc) is 3.07. The van der Waals surface area contributed by atoms with Crippen molar-refractivity contribution in [3.63, 3.8) is 0 Å². The second-order valence-electron chi connectivity index (χ2n) is 5.63. The number of carbonyl (C=O) groups is 1. The standard InChI is InChI=1S/C15H18ClNO2/c16-12-3-1-2-11(6-12)13-7-14(13)15(19)17-5-4-10(8-17)9-18/h1-3,6,10,13-14,18H,4-5,7-9H2. The molecule has 2 fully saturated rings. The van der Waals surface area contributed by atoms with Crippen molar-refractivity contribution in [3.05, 3.63) is 34.9 Å². The third-order valence-corrected chi connectivity index (χ3v) is 4.48. The van der Waals surface area contributed by atoms with Crippen LogP contribution in [0.4, 0.5) is 0 Å². The summed E-state index contributed by atoms with van der Waals surface area (Å²) >= 11 is 5.99. The van der Waals surface area contributed by atoms with E-state index >= 15 is 0 Å². The zero-order valence-electron chi connectivity index (χ0n) is 10.8. The van der Waals surface area contributed by atoms with Gasteiger partial charge in [-0.15, -0.1) is 0 Å². The number of nitrogens with zero attached hydrogens (tertiary/aromatic N) is 1. The number of amides is 1. The number of benzene rings is 1. The lowest BCUT2D eigenvalue weighted by Crippen LogP contribution is -2.30. The van der Waals surface area contributed by atoms with E-state index in [2.05, 4.69) is 0 Å². The zero-order chi connectivity index (χ0) is 13.4. The molecule has 1 amide bonds. The van der Waals surface area contributed by atoms with E-state index in [0.29, 0.717) is 12.5 Å². The summed E-state index contributed by atoms with van der Waals surface area (Å²) in [6.07, 6.45) is 1.86. The number of rotatable bonds is 3. The summed E-state index contributed by atoms with van der Waals surface area (Å²) in [6.45, 7) is 1.70. The first-order valence-electron chi connectivity index (χ1n) is 6.84. The Morgan fingerprint density at radius 1 is 1.47 bits per heavy atom. The molecule has 3 atom stereocenters. The van der Waals surface area contributed by atoms with Gasteiger partial charge in [-0.25, -0.2) is 0 Å². The van der Waals surface area contributed by atoms with Crippen LogP contribution in [0.3, 0.4) is 0 Å². The van der Waals surface area contributed by atoms with Gasteiger partial charge in [0.1, 0.15) is 0 Å². The molecule has 3 rings (SSSR count). The van der Waals surface area contributed by atoms with E-state index in [0.717, 1.165) is 24.4 Å². The van der Waals surface area contributed by atoms with Crippen LogP contribution in [0.15, 0.2) is 24.3 Å². The van der Waals surface area contributed by atoms with Crippen molar-refractivity contribution in [2.75, 3.05) is 19.7 Å². The van der Waals surface area contributed by atoms with E-state index in [-0.39, 0.29) is 24.3 Å². The molecule has 1 N–H and O–H groups in total. The smallest absolute Gasteiger partial charge is 0.226 e. The van der Waals surface area contributed by atoms with Crippen molar-refractivity contribution in [2.24, 2.45) is 11.8 Å². The fourth-order valence-corrected chi connectivity index (χ4v) is 3.19. The number of aliphatic hydroxyl groups is 1. The summed E-state index contributed by atoms with van der Waals surface area (Å²) in [6, 6.07) is 7.80. The Balaban J connectivity index is 1.62. The van der Waals surface area contributed by atoms with Crippen LogP contribution in [0.5, 0.6) is 0 Å². The van der Waals surface area contributed by atoms with Gasteiger partial charge in [-0.3, -0.25) is 4.79 Å². The van der Waals surface area contributed by atoms with Crippen LogP contribution in [0.1, 0.15) is 24.3 Å². The lowest BCUT2D eigenvalue weighted by atomic mass is 10.1. The SMILES string of the molecule is O=C(C1CC1c1cccc(Cl)c1)N1CCC(CO)C1. The lowest BCUT2D eigenvalue weighted by Gasteiger charge is -2.16. The highest BCUT2D eigenvalue weighted by Gasteiger charge is 2.46. The Morgan fingerprint density at radius 2 is 2.32 bits per heavy atom. The van der Waals surface area contributed by atoms with Crippen LogP contribution < -0.4 is 0 Å². The van der Waals surface area contributed by atoms with Crippen molar-refractivity contribution < 1.29 is 9.90 Å². The molecule has 0 radical (unpaired) electrons. The first-order chi connectivity index (χ1) is 9.19. The molecule has 102 valence electrons. The summed E-state index contributed by atoms with van der Waals surface area (Å²) in [7, 11) is 0. The topological polar surface area (TPSA) is 40.5 Å². The number of aliphatic hydroxyl groups excluding tert-OH is 1. The van der Waals surface area contributed by atoms with Gasteiger partial charge in [0.25, 0.3) is 0 Å². The van der Waals surface area contributed by atoms with E-state index in [1.54, 1.807) is 0 Å². The molecule has 1 heterocycles. The minimum Gasteiger partial charge on any atom is -0.396 e. The highest BCUT2D eigenvalue weighted by Crippen LogP contribution is 2.49. The van der Waals surface area contributed by atoms with Crippen LogP contribution in [0, 0.1) is 11.8 Å². The van der Waals surface area contributed by atoms with Gasteiger partial charge in [0.15, 0.2) is 0 Å². The maximum atomic E-state index is 12.3. The molecule has 4 heteroatoms. The molecule has 1 aromatic rings. The molecule has 0 aromatic heterocycles. The van der Waals surface area contributed by atoms with Gasteiger partial charge in [-0.2, -0.15) is 0 Å². The molecule has 19 heavy (non-hydrogen) atoms. The molecule has 1 aliphatic heterocycles. The lowest BCUT2D eigenvalue weighted by molar-refractivity contribution is -0.131. The third kappa shape index (κ3) is 2.63. The summed E-state index contributed by atoms with van der Waals surface area (Å²) in [5, 5.41) is 9.86. The summed E-state index contributed by atoms with van der Waals surface area (Å²) in [5.74, 6) is 0.975. The second-order valence-corrected chi connectivity index (χ2v) is 6.06. The molecule has 1 saturated heterocycles. The van der Waals surface area contributed by atoms with Crippen molar-refractivity contribution in [3.8, 4) is 0 Å². The van der Waals surface area contributed by atoms with Gasteiger partial charge in [0.05, 0.1) is 0 Å². The van der Waals surface area contributed by atoms with Gasteiger partial charge in [-0.05, 0) is 36.5 Å².